The molecule has 0 radical (unpaired) electrons. The molecule has 0 saturated heterocycles. The smallest absolute Gasteiger partial charge is 0.305 e. The van der Waals surface area contributed by atoms with Crippen molar-refractivity contribution in [1.29, 1.82) is 0 Å². The van der Waals surface area contributed by atoms with Crippen molar-refractivity contribution >= 4 is 23.6 Å². The SMILES string of the molecule is CCCCSC(C)C(=O)NC1(CC(=O)O)CCC1. The lowest BCUT2D eigenvalue weighted by Crippen LogP contribution is -2.56. The van der Waals surface area contributed by atoms with E-state index >= 15 is 0 Å². The van der Waals surface area contributed by atoms with Crippen LogP contribution in [0, 0.1) is 0 Å². The van der Waals surface area contributed by atoms with Crippen LogP contribution in [0.25, 0.3) is 0 Å². The Morgan fingerprint density at radius 2 is 2.11 bits per heavy atom. The standard InChI is InChI=1S/C13H23NO3S/c1-3-4-8-18-10(2)12(17)14-13(6-5-7-13)9-11(15)16/h10H,3-9H2,1-2H3,(H,14,17)(H,15,16). The molecule has 1 saturated carbocycles. The summed E-state index contributed by atoms with van der Waals surface area (Å²) in [6.45, 7) is 4.02. The zero-order valence-electron chi connectivity index (χ0n) is 11.2. The van der Waals surface area contributed by atoms with E-state index in [0.717, 1.165) is 37.9 Å². The van der Waals surface area contributed by atoms with Crippen molar-refractivity contribution in [2.45, 2.75) is 63.2 Å². The van der Waals surface area contributed by atoms with Gasteiger partial charge < -0.3 is 10.4 Å². The average Bonchev–Trinajstić information content (AvgIpc) is 2.25. The van der Waals surface area contributed by atoms with Crippen LogP contribution in [-0.2, 0) is 9.59 Å². The Balaban J connectivity index is 2.39. The number of carbonyl (C=O) groups excluding carboxylic acids is 1. The molecule has 0 bridgehead atoms. The molecule has 1 fully saturated rings. The van der Waals surface area contributed by atoms with Gasteiger partial charge in [0.2, 0.25) is 5.91 Å². The van der Waals surface area contributed by atoms with E-state index in [1.165, 1.54) is 0 Å². The Morgan fingerprint density at radius 3 is 2.56 bits per heavy atom. The molecule has 18 heavy (non-hydrogen) atoms. The summed E-state index contributed by atoms with van der Waals surface area (Å²) in [5.74, 6) is 0.134. The molecule has 1 atom stereocenters. The van der Waals surface area contributed by atoms with Crippen molar-refractivity contribution in [3.8, 4) is 0 Å². The Hall–Kier alpha value is -0.710. The molecule has 0 aromatic heterocycles. The van der Waals surface area contributed by atoms with Crippen LogP contribution < -0.4 is 5.32 Å². The summed E-state index contributed by atoms with van der Waals surface area (Å²) in [4.78, 5) is 22.8. The molecular weight excluding hydrogens is 250 g/mol. The van der Waals surface area contributed by atoms with Gasteiger partial charge in [-0.3, -0.25) is 9.59 Å². The lowest BCUT2D eigenvalue weighted by Gasteiger charge is -2.42. The molecule has 0 aromatic carbocycles. The number of unbranched alkanes of at least 4 members (excludes halogenated alkanes) is 1. The van der Waals surface area contributed by atoms with Crippen LogP contribution in [0.5, 0.6) is 0 Å². The van der Waals surface area contributed by atoms with Crippen molar-refractivity contribution in [3.63, 3.8) is 0 Å². The average molecular weight is 273 g/mol. The van der Waals surface area contributed by atoms with Crippen molar-refractivity contribution in [1.82, 2.24) is 5.32 Å². The topological polar surface area (TPSA) is 66.4 Å². The molecule has 0 heterocycles. The summed E-state index contributed by atoms with van der Waals surface area (Å²) in [7, 11) is 0. The molecule has 0 aromatic rings. The Bertz CT molecular complexity index is 303. The van der Waals surface area contributed by atoms with Gasteiger partial charge in [-0.05, 0) is 38.4 Å². The third-order valence-corrected chi connectivity index (χ3v) is 4.66. The maximum Gasteiger partial charge on any atom is 0.305 e. The molecule has 1 unspecified atom stereocenters. The second-order valence-electron chi connectivity index (χ2n) is 5.06. The van der Waals surface area contributed by atoms with Crippen LogP contribution in [0.1, 0.15) is 52.4 Å². The first-order valence-corrected chi connectivity index (χ1v) is 7.69. The molecular formula is C13H23NO3S. The fourth-order valence-corrected chi connectivity index (χ4v) is 3.10. The predicted octanol–water partition coefficient (Wildman–Crippen LogP) is 2.42. The van der Waals surface area contributed by atoms with Crippen molar-refractivity contribution in [2.75, 3.05) is 5.75 Å². The van der Waals surface area contributed by atoms with Gasteiger partial charge in [0.05, 0.1) is 17.2 Å². The zero-order valence-corrected chi connectivity index (χ0v) is 12.0. The van der Waals surface area contributed by atoms with E-state index in [2.05, 4.69) is 12.2 Å². The van der Waals surface area contributed by atoms with Gasteiger partial charge in [0.25, 0.3) is 0 Å². The van der Waals surface area contributed by atoms with Gasteiger partial charge in [0.15, 0.2) is 0 Å². The van der Waals surface area contributed by atoms with Crippen LogP contribution >= 0.6 is 11.8 Å². The highest BCUT2D eigenvalue weighted by Crippen LogP contribution is 2.35. The number of thioether (sulfide) groups is 1. The minimum absolute atomic E-state index is 0.0166. The third kappa shape index (κ3) is 4.52. The Kier molecular flexibility index (Phi) is 5.99. The van der Waals surface area contributed by atoms with Gasteiger partial charge >= 0.3 is 5.97 Å². The maximum atomic E-state index is 12.0. The summed E-state index contributed by atoms with van der Waals surface area (Å²) >= 11 is 1.64. The summed E-state index contributed by atoms with van der Waals surface area (Å²) in [5.41, 5.74) is -0.470. The predicted molar refractivity (Wildman–Crippen MR) is 73.8 cm³/mol. The Morgan fingerprint density at radius 1 is 1.44 bits per heavy atom. The molecule has 1 rings (SSSR count). The van der Waals surface area contributed by atoms with E-state index in [0.29, 0.717) is 0 Å². The summed E-state index contributed by atoms with van der Waals surface area (Å²) in [5, 5.41) is 11.7. The van der Waals surface area contributed by atoms with Crippen LogP contribution in [0.3, 0.4) is 0 Å². The molecule has 104 valence electrons. The van der Waals surface area contributed by atoms with Gasteiger partial charge in [-0.1, -0.05) is 13.3 Å². The van der Waals surface area contributed by atoms with E-state index in [9.17, 15) is 9.59 Å². The van der Waals surface area contributed by atoms with Crippen molar-refractivity contribution < 1.29 is 14.7 Å². The van der Waals surface area contributed by atoms with Crippen LogP contribution in [0.4, 0.5) is 0 Å². The molecule has 2 N–H and O–H groups in total. The van der Waals surface area contributed by atoms with Gasteiger partial charge in [-0.25, -0.2) is 0 Å². The number of hydrogen-bond donors (Lipinski definition) is 2. The molecule has 1 aliphatic rings. The summed E-state index contributed by atoms with van der Waals surface area (Å²) in [6, 6.07) is 0. The molecule has 5 heteroatoms. The highest BCUT2D eigenvalue weighted by atomic mass is 32.2. The van der Waals surface area contributed by atoms with E-state index in [1.54, 1.807) is 11.8 Å². The molecule has 0 spiro atoms. The number of aliphatic carboxylic acids is 1. The molecule has 0 aliphatic heterocycles. The van der Waals surface area contributed by atoms with Gasteiger partial charge in [-0.2, -0.15) is 0 Å². The van der Waals surface area contributed by atoms with Crippen LogP contribution in [0.15, 0.2) is 0 Å². The van der Waals surface area contributed by atoms with Gasteiger partial charge in [0.1, 0.15) is 0 Å². The van der Waals surface area contributed by atoms with Gasteiger partial charge in [0, 0.05) is 0 Å². The highest BCUT2D eigenvalue weighted by molar-refractivity contribution is 8.00. The summed E-state index contributed by atoms with van der Waals surface area (Å²) < 4.78 is 0. The maximum absolute atomic E-state index is 12.0. The second kappa shape index (κ2) is 7.02. The lowest BCUT2D eigenvalue weighted by atomic mass is 9.74. The first-order valence-electron chi connectivity index (χ1n) is 6.64. The number of carbonyl (C=O) groups is 2. The first kappa shape index (κ1) is 15.3. The number of rotatable bonds is 8. The fourth-order valence-electron chi connectivity index (χ4n) is 2.08. The van der Waals surface area contributed by atoms with Gasteiger partial charge in [-0.15, -0.1) is 11.8 Å². The first-order chi connectivity index (χ1) is 8.49. The molecule has 1 aliphatic carbocycles. The monoisotopic (exact) mass is 273 g/mol. The number of amides is 1. The van der Waals surface area contributed by atoms with E-state index in [1.807, 2.05) is 6.92 Å². The quantitative estimate of drug-likeness (QED) is 0.667. The van der Waals surface area contributed by atoms with Crippen LogP contribution in [-0.4, -0.2) is 33.5 Å². The van der Waals surface area contributed by atoms with E-state index < -0.39 is 11.5 Å². The lowest BCUT2D eigenvalue weighted by molar-refractivity contribution is -0.140. The minimum atomic E-state index is -0.832. The van der Waals surface area contributed by atoms with E-state index in [-0.39, 0.29) is 17.6 Å². The van der Waals surface area contributed by atoms with Crippen molar-refractivity contribution in [2.24, 2.45) is 0 Å². The van der Waals surface area contributed by atoms with E-state index in [4.69, 9.17) is 5.11 Å². The highest BCUT2D eigenvalue weighted by Gasteiger charge is 2.40. The largest absolute Gasteiger partial charge is 0.481 e. The Labute approximate surface area is 113 Å². The number of carboxylic acids is 1. The second-order valence-corrected chi connectivity index (χ2v) is 6.51. The van der Waals surface area contributed by atoms with Crippen LogP contribution in [0.2, 0.25) is 0 Å². The third-order valence-electron chi connectivity index (χ3n) is 3.42. The fraction of sp³-hybridized carbons (Fsp3) is 0.846. The number of carboxylic acid groups (broad SMARTS) is 1. The normalized spacial score (nSPS) is 18.8. The molecule has 1 amide bonds. The number of nitrogens with one attached hydrogen (secondary N) is 1. The molecule has 4 nitrogen and oxygen atoms in total. The summed E-state index contributed by atoms with van der Waals surface area (Å²) in [6.07, 6.45) is 4.87. The zero-order chi connectivity index (χ0) is 13.6. The number of hydrogen-bond acceptors (Lipinski definition) is 3. The van der Waals surface area contributed by atoms with Crippen molar-refractivity contribution in [3.05, 3.63) is 0 Å². The minimum Gasteiger partial charge on any atom is -0.481 e.